The molecule has 2 unspecified atom stereocenters. The van der Waals surface area contributed by atoms with E-state index >= 15 is 0 Å². The van der Waals surface area contributed by atoms with Crippen LogP contribution in [0.3, 0.4) is 0 Å². The van der Waals surface area contributed by atoms with Crippen LogP contribution >= 0.6 is 0 Å². The highest BCUT2D eigenvalue weighted by Gasteiger charge is 2.49. The Morgan fingerprint density at radius 2 is 1.59 bits per heavy atom. The fourth-order valence-electron chi connectivity index (χ4n) is 7.04. The van der Waals surface area contributed by atoms with Crippen LogP contribution in [0.25, 0.3) is 10.9 Å². The Morgan fingerprint density at radius 3 is 2.38 bits per heavy atom. The van der Waals surface area contributed by atoms with E-state index in [0.29, 0.717) is 6.42 Å². The summed E-state index contributed by atoms with van der Waals surface area (Å²) in [6.45, 7) is 5.05. The van der Waals surface area contributed by atoms with Crippen molar-refractivity contribution in [3.05, 3.63) is 107 Å². The number of piperidine rings is 1. The zero-order chi connectivity index (χ0) is 26.5. The number of aromatic nitrogens is 1. The van der Waals surface area contributed by atoms with Crippen LogP contribution in [0, 0.1) is 6.92 Å². The van der Waals surface area contributed by atoms with E-state index in [1.165, 1.54) is 11.1 Å². The first-order valence-electron chi connectivity index (χ1n) is 14.1. The zero-order valence-corrected chi connectivity index (χ0v) is 22.3. The van der Waals surface area contributed by atoms with Gasteiger partial charge in [-0.1, -0.05) is 72.8 Å². The van der Waals surface area contributed by atoms with Crippen molar-refractivity contribution in [1.82, 2.24) is 19.7 Å². The van der Waals surface area contributed by atoms with Crippen molar-refractivity contribution in [2.75, 3.05) is 19.6 Å². The third-order valence-electron chi connectivity index (χ3n) is 9.02. The summed E-state index contributed by atoms with van der Waals surface area (Å²) >= 11 is 0. The molecule has 1 N–H and O–H groups in total. The SMILES string of the molecule is Cc1ccccc1C1c2[nH]c3ccccc3c2CC2C(=O)N(C3CCN(Cc4ccccc4)CC3)CC(=O)N21. The number of para-hydroxylation sites is 1. The molecular formula is C33H34N4O2. The lowest BCUT2D eigenvalue weighted by atomic mass is 9.84. The number of aromatic amines is 1. The van der Waals surface area contributed by atoms with E-state index in [0.717, 1.165) is 60.2 Å². The maximum atomic E-state index is 14.2. The average molecular weight is 519 g/mol. The number of likely N-dealkylation sites (tertiary alicyclic amines) is 1. The number of H-pyrrole nitrogens is 1. The molecule has 2 atom stereocenters. The van der Waals surface area contributed by atoms with Gasteiger partial charge in [0.25, 0.3) is 0 Å². The van der Waals surface area contributed by atoms with Gasteiger partial charge in [-0.25, -0.2) is 0 Å². The van der Waals surface area contributed by atoms with Gasteiger partial charge >= 0.3 is 0 Å². The molecule has 2 fully saturated rings. The lowest BCUT2D eigenvalue weighted by Crippen LogP contribution is -2.65. The van der Waals surface area contributed by atoms with Crippen LogP contribution in [0.15, 0.2) is 78.9 Å². The van der Waals surface area contributed by atoms with E-state index in [-0.39, 0.29) is 30.4 Å². The standard InChI is InChI=1S/C33H34N4O2/c1-22-9-5-6-12-25(22)32-31-27(26-13-7-8-14-28(26)34-31)19-29-33(39)36(21-30(38)37(29)32)24-15-17-35(18-16-24)20-23-10-3-2-4-11-23/h2-14,24,29,32,34H,15-21H2,1H3. The highest BCUT2D eigenvalue weighted by atomic mass is 16.2. The second kappa shape index (κ2) is 9.69. The Kier molecular flexibility index (Phi) is 6.00. The van der Waals surface area contributed by atoms with Crippen molar-refractivity contribution in [1.29, 1.82) is 0 Å². The molecule has 0 radical (unpaired) electrons. The Hall–Kier alpha value is -3.90. The summed E-state index contributed by atoms with van der Waals surface area (Å²) < 4.78 is 0. The number of hydrogen-bond acceptors (Lipinski definition) is 3. The van der Waals surface area contributed by atoms with Gasteiger partial charge in [-0.2, -0.15) is 0 Å². The van der Waals surface area contributed by atoms with Crippen molar-refractivity contribution in [3.8, 4) is 0 Å². The van der Waals surface area contributed by atoms with Gasteiger partial charge in [0, 0.05) is 48.7 Å². The molecule has 4 aromatic rings. The lowest BCUT2D eigenvalue weighted by Gasteiger charge is -2.50. The quantitative estimate of drug-likeness (QED) is 0.421. The first-order chi connectivity index (χ1) is 19.1. The fourth-order valence-corrected chi connectivity index (χ4v) is 7.04. The molecule has 0 saturated carbocycles. The van der Waals surface area contributed by atoms with E-state index < -0.39 is 6.04 Å². The molecule has 2 amide bonds. The molecule has 39 heavy (non-hydrogen) atoms. The summed E-state index contributed by atoms with van der Waals surface area (Å²) in [6, 6.07) is 26.4. The maximum absolute atomic E-state index is 14.2. The van der Waals surface area contributed by atoms with Crippen LogP contribution in [0.1, 0.15) is 46.8 Å². The minimum Gasteiger partial charge on any atom is -0.356 e. The normalized spacial score (nSPS) is 22.3. The zero-order valence-electron chi connectivity index (χ0n) is 22.3. The highest BCUT2D eigenvalue weighted by Crippen LogP contribution is 2.43. The van der Waals surface area contributed by atoms with E-state index in [1.807, 2.05) is 34.1 Å². The smallest absolute Gasteiger partial charge is 0.246 e. The summed E-state index contributed by atoms with van der Waals surface area (Å²) in [5, 5.41) is 1.15. The van der Waals surface area contributed by atoms with Gasteiger partial charge in [-0.3, -0.25) is 14.5 Å². The Bertz CT molecular complexity index is 1540. The van der Waals surface area contributed by atoms with Gasteiger partial charge in [0.05, 0.1) is 6.04 Å². The molecule has 7 rings (SSSR count). The molecule has 2 saturated heterocycles. The van der Waals surface area contributed by atoms with Gasteiger partial charge < -0.3 is 14.8 Å². The molecule has 6 heteroatoms. The first kappa shape index (κ1) is 24.2. The molecule has 0 aliphatic carbocycles. The number of hydrogen-bond donors (Lipinski definition) is 1. The minimum absolute atomic E-state index is 0.0453. The second-order valence-electron chi connectivity index (χ2n) is 11.3. The molecule has 3 aliphatic rings. The number of benzene rings is 3. The number of carbonyl (C=O) groups excluding carboxylic acids is 2. The summed E-state index contributed by atoms with van der Waals surface area (Å²) in [4.78, 5) is 38.1. The van der Waals surface area contributed by atoms with Gasteiger partial charge in [0.15, 0.2) is 0 Å². The summed E-state index contributed by atoms with van der Waals surface area (Å²) in [5.41, 5.74) is 6.80. The first-order valence-corrected chi connectivity index (χ1v) is 14.1. The molecule has 3 aromatic carbocycles. The Labute approximate surface area is 229 Å². The number of amides is 2. The Morgan fingerprint density at radius 1 is 0.872 bits per heavy atom. The lowest BCUT2D eigenvalue weighted by molar-refractivity contribution is -0.161. The number of nitrogens with zero attached hydrogens (tertiary/aromatic N) is 3. The summed E-state index contributed by atoms with van der Waals surface area (Å²) in [5.74, 6) is 0.148. The molecule has 3 aliphatic heterocycles. The highest BCUT2D eigenvalue weighted by molar-refractivity contribution is 5.98. The minimum atomic E-state index is -0.482. The van der Waals surface area contributed by atoms with Crippen molar-refractivity contribution >= 4 is 22.7 Å². The third-order valence-corrected chi connectivity index (χ3v) is 9.02. The number of rotatable bonds is 4. The molecule has 4 heterocycles. The van der Waals surface area contributed by atoms with Crippen LogP contribution in [0.4, 0.5) is 0 Å². The van der Waals surface area contributed by atoms with Gasteiger partial charge in [-0.05, 0) is 48.1 Å². The number of carbonyl (C=O) groups is 2. The molecule has 0 bridgehead atoms. The van der Waals surface area contributed by atoms with Gasteiger partial charge in [-0.15, -0.1) is 0 Å². The monoisotopic (exact) mass is 518 g/mol. The number of aryl methyl sites for hydroxylation is 1. The Balaban J connectivity index is 1.19. The largest absolute Gasteiger partial charge is 0.356 e. The summed E-state index contributed by atoms with van der Waals surface area (Å²) in [7, 11) is 0. The van der Waals surface area contributed by atoms with Crippen molar-refractivity contribution in [2.45, 2.75) is 50.9 Å². The topological polar surface area (TPSA) is 59.7 Å². The van der Waals surface area contributed by atoms with Crippen molar-refractivity contribution in [2.24, 2.45) is 0 Å². The van der Waals surface area contributed by atoms with E-state index in [1.54, 1.807) is 0 Å². The molecule has 0 spiro atoms. The van der Waals surface area contributed by atoms with Gasteiger partial charge in [0.1, 0.15) is 12.6 Å². The summed E-state index contributed by atoms with van der Waals surface area (Å²) in [6.07, 6.45) is 2.35. The molecule has 6 nitrogen and oxygen atoms in total. The molecule has 198 valence electrons. The van der Waals surface area contributed by atoms with E-state index in [9.17, 15) is 9.59 Å². The predicted molar refractivity (Wildman–Crippen MR) is 152 cm³/mol. The van der Waals surface area contributed by atoms with Crippen LogP contribution in [-0.4, -0.2) is 63.2 Å². The average Bonchev–Trinajstić information content (AvgIpc) is 3.34. The fraction of sp³-hybridized carbons (Fsp3) is 0.333. The van der Waals surface area contributed by atoms with Gasteiger partial charge in [0.2, 0.25) is 11.8 Å². The van der Waals surface area contributed by atoms with E-state index in [4.69, 9.17) is 0 Å². The second-order valence-corrected chi connectivity index (χ2v) is 11.3. The predicted octanol–water partition coefficient (Wildman–Crippen LogP) is 4.83. The van der Waals surface area contributed by atoms with Crippen molar-refractivity contribution in [3.63, 3.8) is 0 Å². The number of nitrogens with one attached hydrogen (secondary N) is 1. The maximum Gasteiger partial charge on any atom is 0.246 e. The van der Waals surface area contributed by atoms with E-state index in [2.05, 4.69) is 71.4 Å². The van der Waals surface area contributed by atoms with Crippen LogP contribution in [-0.2, 0) is 22.6 Å². The van der Waals surface area contributed by atoms with Crippen LogP contribution < -0.4 is 0 Å². The molecular weight excluding hydrogens is 484 g/mol. The van der Waals surface area contributed by atoms with Crippen molar-refractivity contribution < 1.29 is 9.59 Å². The number of piperazine rings is 1. The van der Waals surface area contributed by atoms with Crippen LogP contribution in [0.5, 0.6) is 0 Å². The third kappa shape index (κ3) is 4.14. The number of fused-ring (bicyclic) bond motifs is 4. The molecule has 1 aromatic heterocycles. The van der Waals surface area contributed by atoms with Crippen LogP contribution in [0.2, 0.25) is 0 Å².